The Hall–Kier alpha value is -2.53. The molecule has 2 atom stereocenters. The third kappa shape index (κ3) is 4.72. The Balaban J connectivity index is 2.26. The van der Waals surface area contributed by atoms with Gasteiger partial charge in [-0.05, 0) is 30.2 Å². The highest BCUT2D eigenvalue weighted by Gasteiger charge is 2.21. The lowest BCUT2D eigenvalue weighted by Gasteiger charge is -2.22. The average Bonchev–Trinajstić information content (AvgIpc) is 2.53. The quantitative estimate of drug-likeness (QED) is 0.786. The van der Waals surface area contributed by atoms with Crippen molar-refractivity contribution in [3.05, 3.63) is 70.7 Å². The van der Waals surface area contributed by atoms with E-state index in [0.717, 1.165) is 11.1 Å². The Morgan fingerprint density at radius 2 is 1.52 bits per heavy atom. The van der Waals surface area contributed by atoms with Crippen LogP contribution in [0.3, 0.4) is 0 Å². The molecule has 0 fully saturated rings. The van der Waals surface area contributed by atoms with E-state index in [2.05, 4.69) is 10.6 Å². The fraction of sp³-hybridized carbons (Fsp3) is 0.176. The highest BCUT2D eigenvalue weighted by atomic mass is 35.5. The zero-order chi connectivity index (χ0) is 16.8. The summed E-state index contributed by atoms with van der Waals surface area (Å²) in [7, 11) is 0. The van der Waals surface area contributed by atoms with Gasteiger partial charge in [-0.1, -0.05) is 54.1 Å². The Kier molecular flexibility index (Phi) is 5.60. The van der Waals surface area contributed by atoms with Gasteiger partial charge in [-0.25, -0.2) is 4.79 Å². The van der Waals surface area contributed by atoms with Gasteiger partial charge in [0.15, 0.2) is 0 Å². The van der Waals surface area contributed by atoms with Gasteiger partial charge in [0.1, 0.15) is 6.04 Å². The van der Waals surface area contributed by atoms with Crippen molar-refractivity contribution in [3.8, 4) is 0 Å². The van der Waals surface area contributed by atoms with E-state index in [1.807, 2.05) is 42.5 Å². The van der Waals surface area contributed by atoms with Gasteiger partial charge in [0.25, 0.3) is 0 Å². The van der Waals surface area contributed by atoms with Crippen molar-refractivity contribution in [2.45, 2.75) is 19.0 Å². The predicted molar refractivity (Wildman–Crippen MR) is 90.1 cm³/mol. The Bertz CT molecular complexity index is 674. The van der Waals surface area contributed by atoms with E-state index in [0.29, 0.717) is 5.02 Å². The number of nitrogens with one attached hydrogen (secondary N) is 2. The van der Waals surface area contributed by atoms with E-state index in [4.69, 9.17) is 17.3 Å². The van der Waals surface area contributed by atoms with Crippen LogP contribution in [0.2, 0.25) is 5.02 Å². The number of hydrogen-bond acceptors (Lipinski definition) is 2. The van der Waals surface area contributed by atoms with Gasteiger partial charge in [-0.3, -0.25) is 4.79 Å². The minimum Gasteiger partial charge on any atom is -0.352 e. The highest BCUT2D eigenvalue weighted by molar-refractivity contribution is 6.30. The maximum Gasteiger partial charge on any atom is 0.312 e. The molecule has 0 radical (unpaired) electrons. The molecule has 4 N–H and O–H groups in total. The molecule has 0 aliphatic carbocycles. The second-order valence-electron chi connectivity index (χ2n) is 5.13. The van der Waals surface area contributed by atoms with Gasteiger partial charge in [0, 0.05) is 5.02 Å². The van der Waals surface area contributed by atoms with Crippen LogP contribution in [0.25, 0.3) is 0 Å². The van der Waals surface area contributed by atoms with Crippen LogP contribution in [0.15, 0.2) is 54.6 Å². The van der Waals surface area contributed by atoms with Crippen molar-refractivity contribution in [2.75, 3.05) is 0 Å². The van der Waals surface area contributed by atoms with Crippen LogP contribution in [0.1, 0.15) is 24.1 Å². The van der Waals surface area contributed by atoms with E-state index in [9.17, 15) is 9.59 Å². The van der Waals surface area contributed by atoms with Crippen molar-refractivity contribution in [1.29, 1.82) is 0 Å². The molecule has 2 rings (SSSR count). The fourth-order valence-corrected chi connectivity index (χ4v) is 2.33. The first-order valence-electron chi connectivity index (χ1n) is 7.14. The first kappa shape index (κ1) is 16.8. The monoisotopic (exact) mass is 331 g/mol. The zero-order valence-corrected chi connectivity index (χ0v) is 13.4. The number of nitrogens with two attached hydrogens (primary N) is 1. The van der Waals surface area contributed by atoms with E-state index >= 15 is 0 Å². The molecule has 0 heterocycles. The van der Waals surface area contributed by atoms with Crippen LogP contribution in [-0.4, -0.2) is 18.0 Å². The minimum atomic E-state index is -0.740. The maximum absolute atomic E-state index is 12.3. The largest absolute Gasteiger partial charge is 0.352 e. The van der Waals surface area contributed by atoms with Gasteiger partial charge in [-0.2, -0.15) is 0 Å². The lowest BCUT2D eigenvalue weighted by atomic mass is 9.98. The third-order valence-corrected chi connectivity index (χ3v) is 3.63. The summed E-state index contributed by atoms with van der Waals surface area (Å²) in [6, 6.07) is 15.0. The summed E-state index contributed by atoms with van der Waals surface area (Å²) in [4.78, 5) is 23.2. The molecule has 120 valence electrons. The number of carbonyl (C=O) groups excluding carboxylic acids is 2. The first-order valence-corrected chi connectivity index (χ1v) is 7.52. The standard InChI is InChI=1S/C17H18ClN3O2/c1-11(20-17(19)23)16(22)21-15(12-5-3-2-4-6-12)13-7-9-14(18)10-8-13/h2-11,15H,1H3,(H,21,22)(H3,19,20,23)/t11-,15-/m0/s1. The molecule has 0 aliphatic rings. The molecule has 0 bridgehead atoms. The van der Waals surface area contributed by atoms with Gasteiger partial charge < -0.3 is 16.4 Å². The molecule has 23 heavy (non-hydrogen) atoms. The lowest BCUT2D eigenvalue weighted by molar-refractivity contribution is -0.123. The van der Waals surface area contributed by atoms with Crippen molar-refractivity contribution < 1.29 is 9.59 Å². The van der Waals surface area contributed by atoms with Crippen molar-refractivity contribution in [1.82, 2.24) is 10.6 Å². The smallest absolute Gasteiger partial charge is 0.312 e. The van der Waals surface area contributed by atoms with Gasteiger partial charge in [0.2, 0.25) is 5.91 Å². The average molecular weight is 332 g/mol. The number of carbonyl (C=O) groups is 2. The third-order valence-electron chi connectivity index (χ3n) is 3.37. The SMILES string of the molecule is C[C@H](NC(N)=O)C(=O)N[C@@H](c1ccccc1)c1ccc(Cl)cc1. The Morgan fingerprint density at radius 3 is 2.09 bits per heavy atom. The molecule has 0 unspecified atom stereocenters. The molecule has 0 aliphatic heterocycles. The van der Waals surface area contributed by atoms with Crippen molar-refractivity contribution in [2.24, 2.45) is 5.73 Å². The number of halogens is 1. The molecule has 0 saturated carbocycles. The van der Waals surface area contributed by atoms with E-state index < -0.39 is 12.1 Å². The second-order valence-corrected chi connectivity index (χ2v) is 5.57. The topological polar surface area (TPSA) is 84.2 Å². The number of amides is 3. The molecule has 2 aromatic carbocycles. The molecule has 0 spiro atoms. The minimum absolute atomic E-state index is 0.326. The number of primary amides is 1. The predicted octanol–water partition coefficient (Wildman–Crippen LogP) is 2.60. The van der Waals surface area contributed by atoms with Crippen molar-refractivity contribution >= 4 is 23.5 Å². The van der Waals surface area contributed by atoms with Gasteiger partial charge >= 0.3 is 6.03 Å². The first-order chi connectivity index (χ1) is 11.0. The summed E-state index contributed by atoms with van der Waals surface area (Å²) in [5.74, 6) is -0.326. The zero-order valence-electron chi connectivity index (χ0n) is 12.6. The Morgan fingerprint density at radius 1 is 0.957 bits per heavy atom. The summed E-state index contributed by atoms with van der Waals surface area (Å²) >= 11 is 5.93. The Labute approximate surface area is 139 Å². The number of benzene rings is 2. The normalized spacial score (nSPS) is 13.0. The molecular formula is C17H18ClN3O2. The van der Waals surface area contributed by atoms with E-state index in [-0.39, 0.29) is 11.9 Å². The number of rotatable bonds is 5. The van der Waals surface area contributed by atoms with E-state index in [1.165, 1.54) is 0 Å². The maximum atomic E-state index is 12.3. The highest BCUT2D eigenvalue weighted by Crippen LogP contribution is 2.23. The van der Waals surface area contributed by atoms with Crippen LogP contribution >= 0.6 is 11.6 Å². The lowest BCUT2D eigenvalue weighted by Crippen LogP contribution is -2.47. The number of hydrogen-bond donors (Lipinski definition) is 3. The van der Waals surface area contributed by atoms with Crippen LogP contribution in [0, 0.1) is 0 Å². The summed E-state index contributed by atoms with van der Waals surface area (Å²) in [5, 5.41) is 5.91. The molecule has 6 heteroatoms. The molecule has 3 amide bonds. The van der Waals surface area contributed by atoms with Crippen LogP contribution < -0.4 is 16.4 Å². The fourth-order valence-electron chi connectivity index (χ4n) is 2.21. The molecule has 0 aromatic heterocycles. The number of urea groups is 1. The summed E-state index contributed by atoms with van der Waals surface area (Å²) in [5.41, 5.74) is 6.87. The van der Waals surface area contributed by atoms with Crippen LogP contribution in [-0.2, 0) is 4.79 Å². The molecular weight excluding hydrogens is 314 g/mol. The second kappa shape index (κ2) is 7.65. The van der Waals surface area contributed by atoms with Crippen molar-refractivity contribution in [3.63, 3.8) is 0 Å². The molecule has 0 saturated heterocycles. The summed E-state index contributed by atoms with van der Waals surface area (Å²) in [6.07, 6.45) is 0. The summed E-state index contributed by atoms with van der Waals surface area (Å²) in [6.45, 7) is 1.57. The van der Waals surface area contributed by atoms with Gasteiger partial charge in [-0.15, -0.1) is 0 Å². The van der Waals surface area contributed by atoms with Gasteiger partial charge in [0.05, 0.1) is 6.04 Å². The molecule has 2 aromatic rings. The van der Waals surface area contributed by atoms with Crippen LogP contribution in [0.4, 0.5) is 4.79 Å². The summed E-state index contributed by atoms with van der Waals surface area (Å²) < 4.78 is 0. The molecule has 5 nitrogen and oxygen atoms in total. The van der Waals surface area contributed by atoms with Crippen LogP contribution in [0.5, 0.6) is 0 Å². The van der Waals surface area contributed by atoms with E-state index in [1.54, 1.807) is 19.1 Å².